The Labute approximate surface area is 128 Å². The average molecular weight is 295 g/mol. The van der Waals surface area contributed by atoms with Crippen molar-refractivity contribution in [3.63, 3.8) is 0 Å². The molecule has 6 heteroatoms. The molecule has 2 aromatic carbocycles. The number of hydrogen-bond donors (Lipinski definition) is 2. The van der Waals surface area contributed by atoms with Crippen LogP contribution in [-0.2, 0) is 6.54 Å². The Morgan fingerprint density at radius 3 is 2.50 bits per heavy atom. The molecule has 0 saturated carbocycles. The van der Waals surface area contributed by atoms with Gasteiger partial charge in [0, 0.05) is 11.3 Å². The molecule has 0 aliphatic rings. The molecule has 3 aromatic rings. The molecule has 112 valence electrons. The number of ether oxygens (including phenoxy) is 1. The largest absolute Gasteiger partial charge is 0.497 e. The summed E-state index contributed by atoms with van der Waals surface area (Å²) in [5.41, 5.74) is 3.57. The third kappa shape index (κ3) is 2.85. The van der Waals surface area contributed by atoms with E-state index in [4.69, 9.17) is 10.6 Å². The highest BCUT2D eigenvalue weighted by molar-refractivity contribution is 5.61. The zero-order chi connectivity index (χ0) is 15.4. The summed E-state index contributed by atoms with van der Waals surface area (Å²) in [4.78, 5) is 1.30. The summed E-state index contributed by atoms with van der Waals surface area (Å²) >= 11 is 0. The summed E-state index contributed by atoms with van der Waals surface area (Å²) < 4.78 is 5.14. The first-order valence-electron chi connectivity index (χ1n) is 6.91. The van der Waals surface area contributed by atoms with Crippen LogP contribution in [0.3, 0.4) is 0 Å². The monoisotopic (exact) mass is 295 g/mol. The Bertz CT molecular complexity index is 737. The van der Waals surface area contributed by atoms with Gasteiger partial charge in [0.05, 0.1) is 13.7 Å². The van der Waals surface area contributed by atoms with Gasteiger partial charge in [0.25, 0.3) is 0 Å². The lowest BCUT2D eigenvalue weighted by atomic mass is 10.1. The van der Waals surface area contributed by atoms with Crippen LogP contribution in [0.1, 0.15) is 5.69 Å². The zero-order valence-corrected chi connectivity index (χ0v) is 12.2. The minimum atomic E-state index is 0.528. The number of nitrogens with zero attached hydrogens (tertiary/aromatic N) is 3. The molecule has 0 saturated heterocycles. The molecule has 0 unspecified atom stereocenters. The van der Waals surface area contributed by atoms with Crippen LogP contribution in [0.15, 0.2) is 54.6 Å². The van der Waals surface area contributed by atoms with Gasteiger partial charge in [0.2, 0.25) is 0 Å². The molecule has 0 atom stereocenters. The van der Waals surface area contributed by atoms with E-state index in [-0.39, 0.29) is 0 Å². The number of anilines is 1. The number of aromatic nitrogens is 3. The molecule has 0 bridgehead atoms. The Hall–Kier alpha value is -3.02. The van der Waals surface area contributed by atoms with Gasteiger partial charge in [-0.05, 0) is 29.5 Å². The minimum absolute atomic E-state index is 0.528. The number of nitrogens with two attached hydrogens (primary N) is 1. The van der Waals surface area contributed by atoms with Crippen molar-refractivity contribution >= 4 is 5.69 Å². The number of rotatable bonds is 5. The maximum atomic E-state index is 5.87. The summed E-state index contributed by atoms with van der Waals surface area (Å²) in [6, 6.07) is 17.6. The minimum Gasteiger partial charge on any atom is -0.497 e. The molecule has 0 fully saturated rings. The average Bonchev–Trinajstić information content (AvgIpc) is 2.95. The van der Waals surface area contributed by atoms with Crippen LogP contribution in [0.25, 0.3) is 11.3 Å². The van der Waals surface area contributed by atoms with Crippen molar-refractivity contribution in [1.82, 2.24) is 15.1 Å². The number of nitrogens with one attached hydrogen (secondary N) is 1. The first kappa shape index (κ1) is 13.9. The van der Waals surface area contributed by atoms with Crippen molar-refractivity contribution in [2.75, 3.05) is 18.3 Å². The Morgan fingerprint density at radius 2 is 1.82 bits per heavy atom. The predicted octanol–water partition coefficient (Wildman–Crippen LogP) is 2.28. The lowest BCUT2D eigenvalue weighted by Gasteiger charge is -2.08. The Morgan fingerprint density at radius 1 is 1.09 bits per heavy atom. The van der Waals surface area contributed by atoms with Crippen molar-refractivity contribution in [1.29, 1.82) is 0 Å². The van der Waals surface area contributed by atoms with Crippen molar-refractivity contribution in [3.05, 3.63) is 60.3 Å². The van der Waals surface area contributed by atoms with Gasteiger partial charge in [-0.1, -0.05) is 30.3 Å². The molecule has 0 radical (unpaired) electrons. The van der Waals surface area contributed by atoms with E-state index in [0.717, 1.165) is 28.4 Å². The second-order valence-electron chi connectivity index (χ2n) is 4.78. The van der Waals surface area contributed by atoms with Gasteiger partial charge in [-0.3, -0.25) is 0 Å². The van der Waals surface area contributed by atoms with E-state index in [1.165, 1.54) is 4.79 Å². The number of nitrogen functional groups attached to an aromatic ring is 1. The first-order valence-corrected chi connectivity index (χ1v) is 6.91. The molecule has 0 amide bonds. The van der Waals surface area contributed by atoms with Gasteiger partial charge in [-0.25, -0.2) is 0 Å². The second-order valence-corrected chi connectivity index (χ2v) is 4.78. The highest BCUT2D eigenvalue weighted by atomic mass is 16.5. The predicted molar refractivity (Wildman–Crippen MR) is 85.9 cm³/mol. The SMILES string of the molecule is COc1ccc(NCc2c(-c3ccccc3)nnn2N)cc1. The van der Waals surface area contributed by atoms with Crippen molar-refractivity contribution < 1.29 is 4.74 Å². The highest BCUT2D eigenvalue weighted by Gasteiger charge is 2.12. The van der Waals surface area contributed by atoms with E-state index in [1.54, 1.807) is 7.11 Å². The summed E-state index contributed by atoms with van der Waals surface area (Å²) in [6.07, 6.45) is 0. The fraction of sp³-hybridized carbons (Fsp3) is 0.125. The van der Waals surface area contributed by atoms with Crippen molar-refractivity contribution in [2.24, 2.45) is 0 Å². The van der Waals surface area contributed by atoms with Crippen LogP contribution >= 0.6 is 0 Å². The van der Waals surface area contributed by atoms with E-state index in [1.807, 2.05) is 54.6 Å². The van der Waals surface area contributed by atoms with Gasteiger partial charge in [-0.2, -0.15) is 4.79 Å². The van der Waals surface area contributed by atoms with Crippen LogP contribution in [0.4, 0.5) is 5.69 Å². The van der Waals surface area contributed by atoms with Gasteiger partial charge in [0.1, 0.15) is 17.1 Å². The van der Waals surface area contributed by atoms with Gasteiger partial charge >= 0.3 is 0 Å². The fourth-order valence-electron chi connectivity index (χ4n) is 2.19. The third-order valence-corrected chi connectivity index (χ3v) is 3.39. The molecule has 1 heterocycles. The quantitative estimate of drug-likeness (QED) is 0.706. The van der Waals surface area contributed by atoms with E-state index < -0.39 is 0 Å². The van der Waals surface area contributed by atoms with Crippen molar-refractivity contribution in [2.45, 2.75) is 6.54 Å². The van der Waals surface area contributed by atoms with Crippen LogP contribution < -0.4 is 15.9 Å². The number of benzene rings is 2. The molecule has 3 rings (SSSR count). The molecule has 0 spiro atoms. The lowest BCUT2D eigenvalue weighted by molar-refractivity contribution is 0.415. The Balaban J connectivity index is 1.79. The number of methoxy groups -OCH3 is 1. The van der Waals surface area contributed by atoms with Crippen LogP contribution in [0.5, 0.6) is 5.75 Å². The number of hydrogen-bond acceptors (Lipinski definition) is 5. The fourth-order valence-corrected chi connectivity index (χ4v) is 2.19. The smallest absolute Gasteiger partial charge is 0.120 e. The van der Waals surface area contributed by atoms with E-state index in [2.05, 4.69) is 15.6 Å². The maximum Gasteiger partial charge on any atom is 0.120 e. The molecule has 3 N–H and O–H groups in total. The third-order valence-electron chi connectivity index (χ3n) is 3.39. The normalized spacial score (nSPS) is 10.4. The molecule has 0 aliphatic heterocycles. The molecule has 0 aliphatic carbocycles. The standard InChI is InChI=1S/C16H17N5O/c1-22-14-9-7-13(8-10-14)18-11-15-16(19-20-21(15)17)12-5-3-2-4-6-12/h2-10,18H,11,17H2,1H3. The van der Waals surface area contributed by atoms with Crippen LogP contribution in [0.2, 0.25) is 0 Å². The summed E-state index contributed by atoms with van der Waals surface area (Å²) in [5.74, 6) is 6.69. The van der Waals surface area contributed by atoms with E-state index >= 15 is 0 Å². The van der Waals surface area contributed by atoms with Crippen LogP contribution in [0, 0.1) is 0 Å². The van der Waals surface area contributed by atoms with Crippen LogP contribution in [-0.4, -0.2) is 22.2 Å². The molecule has 1 aromatic heterocycles. The van der Waals surface area contributed by atoms with Crippen molar-refractivity contribution in [3.8, 4) is 17.0 Å². The lowest BCUT2D eigenvalue weighted by Crippen LogP contribution is -2.16. The Kier molecular flexibility index (Phi) is 3.91. The first-order chi connectivity index (χ1) is 10.8. The highest BCUT2D eigenvalue weighted by Crippen LogP contribution is 2.21. The summed E-state index contributed by atoms with van der Waals surface area (Å²) in [5, 5.41) is 11.4. The molecular formula is C16H17N5O. The van der Waals surface area contributed by atoms with Gasteiger partial charge in [-0.15, -0.1) is 5.10 Å². The van der Waals surface area contributed by atoms with E-state index in [9.17, 15) is 0 Å². The van der Waals surface area contributed by atoms with Gasteiger partial charge in [0.15, 0.2) is 0 Å². The molecule has 22 heavy (non-hydrogen) atoms. The molecular weight excluding hydrogens is 278 g/mol. The summed E-state index contributed by atoms with van der Waals surface area (Å²) in [7, 11) is 1.65. The van der Waals surface area contributed by atoms with Gasteiger partial charge < -0.3 is 15.9 Å². The second kappa shape index (κ2) is 6.17. The maximum absolute atomic E-state index is 5.87. The zero-order valence-electron chi connectivity index (χ0n) is 12.2. The summed E-state index contributed by atoms with van der Waals surface area (Å²) in [6.45, 7) is 0.528. The van der Waals surface area contributed by atoms with E-state index in [0.29, 0.717) is 6.54 Å². The topological polar surface area (TPSA) is 78.0 Å². The molecule has 6 nitrogen and oxygen atoms in total.